The first-order valence-electron chi connectivity index (χ1n) is 5.86. The van der Waals surface area contributed by atoms with E-state index in [-0.39, 0.29) is 0 Å². The van der Waals surface area contributed by atoms with Gasteiger partial charge in [-0.1, -0.05) is 24.4 Å². The second kappa shape index (κ2) is 12.0. The fourth-order valence-corrected chi connectivity index (χ4v) is 8.27. The lowest BCUT2D eigenvalue weighted by Crippen LogP contribution is -2.26. The zero-order chi connectivity index (χ0) is 14.0. The van der Waals surface area contributed by atoms with Gasteiger partial charge < -0.3 is 9.80 Å². The molecule has 0 aromatic heterocycles. The molecule has 0 saturated heterocycles. The van der Waals surface area contributed by atoms with Gasteiger partial charge >= 0.3 is 0 Å². The van der Waals surface area contributed by atoms with E-state index in [1.54, 1.807) is 41.2 Å². The summed E-state index contributed by atoms with van der Waals surface area (Å²) in [6.45, 7) is 12.4. The molecule has 0 unspecified atom stereocenters. The third-order valence-corrected chi connectivity index (χ3v) is 9.67. The van der Waals surface area contributed by atoms with Crippen LogP contribution in [0.3, 0.4) is 0 Å². The third kappa shape index (κ3) is 7.69. The van der Waals surface area contributed by atoms with Crippen LogP contribution in [0.25, 0.3) is 0 Å². The number of nitrogens with zero attached hydrogens (tertiary/aromatic N) is 2. The highest BCUT2D eigenvalue weighted by Crippen LogP contribution is 2.45. The summed E-state index contributed by atoms with van der Waals surface area (Å²) in [6.07, 6.45) is 0. The first-order chi connectivity index (χ1) is 8.60. The van der Waals surface area contributed by atoms with Gasteiger partial charge in [0, 0.05) is 26.2 Å². The van der Waals surface area contributed by atoms with Crippen molar-refractivity contribution in [1.29, 1.82) is 0 Å². The van der Waals surface area contributed by atoms with Gasteiger partial charge in [0.15, 0.2) is 0 Å². The first-order valence-corrected chi connectivity index (χ1v) is 11.5. The molecule has 0 heterocycles. The second-order valence-corrected chi connectivity index (χ2v) is 10.1. The Hall–Kier alpha value is 1.18. The van der Waals surface area contributed by atoms with Gasteiger partial charge in [-0.2, -0.15) is 0 Å². The molecule has 0 spiro atoms. The van der Waals surface area contributed by atoms with Gasteiger partial charge in [0.1, 0.15) is 8.64 Å². The van der Waals surface area contributed by atoms with Gasteiger partial charge in [-0.15, -0.1) is 0 Å². The lowest BCUT2D eigenvalue weighted by atomic mass is 10.6. The molecule has 0 aliphatic carbocycles. The highest BCUT2D eigenvalue weighted by atomic mass is 33.7. The summed E-state index contributed by atoms with van der Waals surface area (Å²) in [7, 11) is 6.65. The van der Waals surface area contributed by atoms with Crippen molar-refractivity contribution >= 4 is 74.3 Å². The summed E-state index contributed by atoms with van der Waals surface area (Å²) in [5.74, 6) is 0. The molecule has 0 saturated carbocycles. The molecule has 0 atom stereocenters. The molecule has 0 N–H and O–H groups in total. The molecule has 0 fully saturated rings. The van der Waals surface area contributed by atoms with E-state index >= 15 is 0 Å². The van der Waals surface area contributed by atoms with Crippen molar-refractivity contribution in [3.8, 4) is 0 Å². The van der Waals surface area contributed by atoms with Crippen molar-refractivity contribution in [3.05, 3.63) is 0 Å². The summed E-state index contributed by atoms with van der Waals surface area (Å²) in [6, 6.07) is 0. The summed E-state index contributed by atoms with van der Waals surface area (Å²) < 4.78 is 1.90. The van der Waals surface area contributed by atoms with Crippen LogP contribution in [0.5, 0.6) is 0 Å². The van der Waals surface area contributed by atoms with Crippen LogP contribution >= 0.6 is 65.7 Å². The van der Waals surface area contributed by atoms with Gasteiger partial charge in [0.2, 0.25) is 0 Å². The molecule has 8 heteroatoms. The minimum Gasteiger partial charge on any atom is -0.357 e. The minimum absolute atomic E-state index is 0.951. The monoisotopic (exact) mass is 360 g/mol. The third-order valence-electron chi connectivity index (χ3n) is 2.28. The molecular formula is C10H20N2S6. The van der Waals surface area contributed by atoms with Crippen molar-refractivity contribution in [2.24, 2.45) is 0 Å². The molecule has 0 amide bonds. The Balaban J connectivity index is 3.79. The fraction of sp³-hybridized carbons (Fsp3) is 0.800. The van der Waals surface area contributed by atoms with Crippen LogP contribution in [-0.2, 0) is 0 Å². The van der Waals surface area contributed by atoms with E-state index in [1.807, 2.05) is 0 Å². The van der Waals surface area contributed by atoms with Gasteiger partial charge in [-0.05, 0) is 68.9 Å². The number of rotatable bonds is 7. The van der Waals surface area contributed by atoms with Gasteiger partial charge in [0.05, 0.1) is 0 Å². The molecule has 0 radical (unpaired) electrons. The maximum Gasteiger partial charge on any atom is 0.147 e. The highest BCUT2D eigenvalue weighted by Gasteiger charge is 2.09. The molecule has 0 aromatic carbocycles. The van der Waals surface area contributed by atoms with E-state index < -0.39 is 0 Å². The smallest absolute Gasteiger partial charge is 0.147 e. The summed E-state index contributed by atoms with van der Waals surface area (Å²) in [4.78, 5) is 4.36. The van der Waals surface area contributed by atoms with Crippen molar-refractivity contribution in [1.82, 2.24) is 9.80 Å². The van der Waals surface area contributed by atoms with Gasteiger partial charge in [-0.25, -0.2) is 0 Å². The average molecular weight is 361 g/mol. The lowest BCUT2D eigenvalue weighted by molar-refractivity contribution is 0.482. The van der Waals surface area contributed by atoms with Crippen LogP contribution in [0.2, 0.25) is 0 Å². The zero-order valence-corrected chi connectivity index (χ0v) is 16.1. The second-order valence-electron chi connectivity index (χ2n) is 3.18. The molecule has 106 valence electrons. The van der Waals surface area contributed by atoms with Crippen LogP contribution in [0.4, 0.5) is 0 Å². The molecule has 0 aliphatic heterocycles. The van der Waals surface area contributed by atoms with E-state index in [1.165, 1.54) is 0 Å². The fourth-order valence-electron chi connectivity index (χ4n) is 1.16. The largest absolute Gasteiger partial charge is 0.357 e. The number of thiocarbonyl (C=S) groups is 2. The van der Waals surface area contributed by atoms with E-state index in [0.29, 0.717) is 0 Å². The van der Waals surface area contributed by atoms with Crippen LogP contribution in [0.1, 0.15) is 27.7 Å². The maximum absolute atomic E-state index is 5.35. The van der Waals surface area contributed by atoms with Gasteiger partial charge in [0.25, 0.3) is 0 Å². The molecule has 0 bridgehead atoms. The maximum atomic E-state index is 5.35. The topological polar surface area (TPSA) is 6.48 Å². The van der Waals surface area contributed by atoms with Crippen molar-refractivity contribution in [2.45, 2.75) is 27.7 Å². The van der Waals surface area contributed by atoms with E-state index in [2.05, 4.69) is 37.5 Å². The SMILES string of the molecule is CCN(CC)C(=S)SSSSC(=S)N(CC)CC. The molecule has 0 aromatic rings. The molecule has 0 rings (SSSR count). The van der Waals surface area contributed by atoms with Crippen molar-refractivity contribution in [2.75, 3.05) is 26.2 Å². The van der Waals surface area contributed by atoms with E-state index in [4.69, 9.17) is 24.4 Å². The molecular weight excluding hydrogens is 341 g/mol. The lowest BCUT2D eigenvalue weighted by Gasteiger charge is -2.21. The Morgan fingerprint density at radius 2 is 1.00 bits per heavy atom. The Labute approximate surface area is 137 Å². The van der Waals surface area contributed by atoms with E-state index in [0.717, 1.165) is 34.8 Å². The van der Waals surface area contributed by atoms with Gasteiger partial charge in [-0.3, -0.25) is 0 Å². The Kier molecular flexibility index (Phi) is 12.7. The normalized spacial score (nSPS) is 10.2. The van der Waals surface area contributed by atoms with Crippen molar-refractivity contribution in [3.63, 3.8) is 0 Å². The van der Waals surface area contributed by atoms with E-state index in [9.17, 15) is 0 Å². The van der Waals surface area contributed by atoms with Crippen molar-refractivity contribution < 1.29 is 0 Å². The quantitative estimate of drug-likeness (QED) is 0.354. The zero-order valence-electron chi connectivity index (χ0n) is 11.2. The number of hydrogen-bond acceptors (Lipinski definition) is 6. The Morgan fingerprint density at radius 1 is 0.722 bits per heavy atom. The van der Waals surface area contributed by atoms with Crippen LogP contribution in [-0.4, -0.2) is 44.6 Å². The summed E-state index contributed by atoms with van der Waals surface area (Å²) >= 11 is 10.7. The molecule has 18 heavy (non-hydrogen) atoms. The number of hydrogen-bond donors (Lipinski definition) is 0. The Bertz CT molecular complexity index is 227. The molecule has 0 aliphatic rings. The predicted octanol–water partition coefficient (Wildman–Crippen LogP) is 4.92. The highest BCUT2D eigenvalue weighted by molar-refractivity contribution is 9.29. The summed E-state index contributed by atoms with van der Waals surface area (Å²) in [5, 5.41) is 0. The minimum atomic E-state index is 0.951. The Morgan fingerprint density at radius 3 is 1.22 bits per heavy atom. The first kappa shape index (κ1) is 19.2. The molecule has 2 nitrogen and oxygen atoms in total. The standard InChI is InChI=1S/C10H20N2S6/c1-5-11(6-2)9(13)15-17-18-16-10(14)12(7-3)8-4/h5-8H2,1-4H3. The summed E-state index contributed by atoms with van der Waals surface area (Å²) in [5.41, 5.74) is 0. The predicted molar refractivity (Wildman–Crippen MR) is 101 cm³/mol. The average Bonchev–Trinajstić information content (AvgIpc) is 2.37. The van der Waals surface area contributed by atoms with Crippen LogP contribution in [0, 0.1) is 0 Å². The van der Waals surface area contributed by atoms with Crippen LogP contribution < -0.4 is 0 Å². The van der Waals surface area contributed by atoms with Crippen LogP contribution in [0.15, 0.2) is 0 Å².